The first-order chi connectivity index (χ1) is 17.3. The van der Waals surface area contributed by atoms with Gasteiger partial charge in [0, 0.05) is 18.8 Å². The first kappa shape index (κ1) is 34.5. The molecule has 0 aliphatic heterocycles. The second-order valence-corrected chi connectivity index (χ2v) is 11.4. The van der Waals surface area contributed by atoms with Crippen LogP contribution in [-0.2, 0) is 0 Å². The molecule has 0 saturated heterocycles. The number of hydrogen-bond acceptors (Lipinski definition) is 1. The lowest BCUT2D eigenvalue weighted by Gasteiger charge is -2.27. The maximum absolute atomic E-state index is 4.47. The number of unbranched alkanes of at least 4 members (excludes halogenated alkanes) is 23. The van der Waals surface area contributed by atoms with Crippen LogP contribution >= 0.6 is 0 Å². The fourth-order valence-corrected chi connectivity index (χ4v) is 5.25. The van der Waals surface area contributed by atoms with E-state index in [4.69, 9.17) is 0 Å². The van der Waals surface area contributed by atoms with Crippen LogP contribution in [0.3, 0.4) is 0 Å². The standard InChI is InChI=1S/C34H69N/c1-5-8-11-13-15-17-19-21-23-25-27-29-32-35(34(4)31-10-7-3)33-30-28-26-24-22-20-18-16-14-12-9-6-2/h4-33H2,1-3H3. The van der Waals surface area contributed by atoms with Gasteiger partial charge in [0.15, 0.2) is 0 Å². The molecule has 1 heteroatoms. The summed E-state index contributed by atoms with van der Waals surface area (Å²) in [6.45, 7) is 13.9. The topological polar surface area (TPSA) is 3.24 Å². The molecule has 0 aromatic heterocycles. The van der Waals surface area contributed by atoms with E-state index in [0.29, 0.717) is 0 Å². The van der Waals surface area contributed by atoms with Crippen LogP contribution in [0.1, 0.15) is 194 Å². The first-order valence-corrected chi connectivity index (χ1v) is 16.7. The van der Waals surface area contributed by atoms with E-state index in [2.05, 4.69) is 32.3 Å². The van der Waals surface area contributed by atoms with Crippen LogP contribution in [0.25, 0.3) is 0 Å². The van der Waals surface area contributed by atoms with Crippen molar-refractivity contribution in [2.45, 2.75) is 194 Å². The zero-order valence-corrected chi connectivity index (χ0v) is 25.2. The van der Waals surface area contributed by atoms with E-state index >= 15 is 0 Å². The molecule has 0 amide bonds. The summed E-state index contributed by atoms with van der Waals surface area (Å²) in [6, 6.07) is 0. The van der Waals surface area contributed by atoms with Crippen molar-refractivity contribution >= 4 is 0 Å². The van der Waals surface area contributed by atoms with E-state index in [1.165, 1.54) is 192 Å². The Morgan fingerprint density at radius 1 is 0.371 bits per heavy atom. The van der Waals surface area contributed by atoms with Crippen LogP contribution < -0.4 is 0 Å². The Labute approximate surface area is 224 Å². The average molecular weight is 492 g/mol. The molecule has 0 aliphatic carbocycles. The van der Waals surface area contributed by atoms with Crippen LogP contribution in [0.2, 0.25) is 0 Å². The van der Waals surface area contributed by atoms with Gasteiger partial charge in [0.05, 0.1) is 0 Å². The third-order valence-corrected chi connectivity index (χ3v) is 7.83. The van der Waals surface area contributed by atoms with Gasteiger partial charge < -0.3 is 4.90 Å². The minimum absolute atomic E-state index is 1.20. The molecule has 0 aromatic carbocycles. The molecule has 0 unspecified atom stereocenters. The smallest absolute Gasteiger partial charge is 0.0174 e. The van der Waals surface area contributed by atoms with Gasteiger partial charge >= 0.3 is 0 Å². The predicted octanol–water partition coefficient (Wildman–Crippen LogP) is 12.4. The summed E-state index contributed by atoms with van der Waals surface area (Å²) in [6.07, 6.45) is 38.2. The van der Waals surface area contributed by atoms with Crippen molar-refractivity contribution in [3.63, 3.8) is 0 Å². The molecule has 0 bridgehead atoms. The van der Waals surface area contributed by atoms with Gasteiger partial charge in [-0.3, -0.25) is 0 Å². The van der Waals surface area contributed by atoms with Gasteiger partial charge in [0.2, 0.25) is 0 Å². The van der Waals surface area contributed by atoms with E-state index in [1.54, 1.807) is 0 Å². The van der Waals surface area contributed by atoms with Crippen LogP contribution in [-0.4, -0.2) is 18.0 Å². The number of hydrogen-bond donors (Lipinski definition) is 0. The second-order valence-electron chi connectivity index (χ2n) is 11.4. The highest BCUT2D eigenvalue weighted by Crippen LogP contribution is 2.17. The SMILES string of the molecule is C=C(CCCC)N(CCCCCCCCCCCCCC)CCCCCCCCCCCCCC. The molecule has 210 valence electrons. The summed E-state index contributed by atoms with van der Waals surface area (Å²) in [4.78, 5) is 2.66. The van der Waals surface area contributed by atoms with Crippen molar-refractivity contribution in [2.75, 3.05) is 13.1 Å². The lowest BCUT2D eigenvalue weighted by Crippen LogP contribution is -2.25. The minimum Gasteiger partial charge on any atom is -0.375 e. The molecule has 1 nitrogen and oxygen atoms in total. The van der Waals surface area contributed by atoms with Gasteiger partial charge in [-0.1, -0.05) is 175 Å². The van der Waals surface area contributed by atoms with Gasteiger partial charge in [-0.05, 0) is 25.7 Å². The minimum atomic E-state index is 1.20. The third-order valence-electron chi connectivity index (χ3n) is 7.83. The van der Waals surface area contributed by atoms with Crippen LogP contribution in [0.5, 0.6) is 0 Å². The van der Waals surface area contributed by atoms with Crippen LogP contribution in [0.4, 0.5) is 0 Å². The molecule has 0 aliphatic rings. The normalized spacial score (nSPS) is 11.3. The van der Waals surface area contributed by atoms with E-state index in [9.17, 15) is 0 Å². The molecular weight excluding hydrogens is 422 g/mol. The van der Waals surface area contributed by atoms with E-state index in [0.717, 1.165) is 0 Å². The average Bonchev–Trinajstić information content (AvgIpc) is 2.87. The fraction of sp³-hybridized carbons (Fsp3) is 0.941. The summed E-state index contributed by atoms with van der Waals surface area (Å²) < 4.78 is 0. The first-order valence-electron chi connectivity index (χ1n) is 16.7. The lowest BCUT2D eigenvalue weighted by atomic mass is 10.0. The van der Waals surface area contributed by atoms with Crippen molar-refractivity contribution in [3.05, 3.63) is 12.3 Å². The zero-order chi connectivity index (χ0) is 25.7. The highest BCUT2D eigenvalue weighted by molar-refractivity contribution is 4.93. The van der Waals surface area contributed by atoms with Crippen LogP contribution in [0, 0.1) is 0 Å². The quantitative estimate of drug-likeness (QED) is 0.0903. The summed E-state index contributed by atoms with van der Waals surface area (Å²) >= 11 is 0. The number of allylic oxidation sites excluding steroid dienone is 1. The van der Waals surface area contributed by atoms with Crippen molar-refractivity contribution in [1.29, 1.82) is 0 Å². The Morgan fingerprint density at radius 2 is 0.629 bits per heavy atom. The van der Waals surface area contributed by atoms with Gasteiger partial charge in [-0.2, -0.15) is 0 Å². The Bertz CT molecular complexity index is 373. The molecule has 0 radical (unpaired) electrons. The number of rotatable bonds is 30. The Hall–Kier alpha value is -0.460. The largest absolute Gasteiger partial charge is 0.375 e. The van der Waals surface area contributed by atoms with E-state index in [1.807, 2.05) is 0 Å². The van der Waals surface area contributed by atoms with Crippen molar-refractivity contribution in [3.8, 4) is 0 Å². The second kappa shape index (κ2) is 29.8. The molecule has 0 N–H and O–H groups in total. The summed E-state index contributed by atoms with van der Waals surface area (Å²) in [5, 5.41) is 0. The Balaban J connectivity index is 3.75. The molecule has 0 aromatic rings. The number of nitrogens with zero attached hydrogens (tertiary/aromatic N) is 1. The molecule has 0 fully saturated rings. The highest BCUT2D eigenvalue weighted by atomic mass is 15.1. The molecule has 35 heavy (non-hydrogen) atoms. The predicted molar refractivity (Wildman–Crippen MR) is 162 cm³/mol. The molecular formula is C34H69N. The van der Waals surface area contributed by atoms with Crippen molar-refractivity contribution < 1.29 is 0 Å². The van der Waals surface area contributed by atoms with Crippen LogP contribution in [0.15, 0.2) is 12.3 Å². The lowest BCUT2D eigenvalue weighted by molar-refractivity contribution is 0.311. The Kier molecular flexibility index (Phi) is 29.4. The zero-order valence-electron chi connectivity index (χ0n) is 25.2. The third kappa shape index (κ3) is 26.4. The summed E-state index contributed by atoms with van der Waals surface area (Å²) in [5.74, 6) is 0. The van der Waals surface area contributed by atoms with Gasteiger partial charge in [0.1, 0.15) is 0 Å². The molecule has 0 spiro atoms. The van der Waals surface area contributed by atoms with Gasteiger partial charge in [-0.15, -0.1) is 0 Å². The van der Waals surface area contributed by atoms with Crippen molar-refractivity contribution in [1.82, 2.24) is 4.90 Å². The fourth-order valence-electron chi connectivity index (χ4n) is 5.25. The highest BCUT2D eigenvalue weighted by Gasteiger charge is 2.07. The molecule has 0 saturated carbocycles. The van der Waals surface area contributed by atoms with Gasteiger partial charge in [-0.25, -0.2) is 0 Å². The summed E-state index contributed by atoms with van der Waals surface area (Å²) in [5.41, 5.74) is 1.41. The van der Waals surface area contributed by atoms with E-state index in [-0.39, 0.29) is 0 Å². The summed E-state index contributed by atoms with van der Waals surface area (Å²) in [7, 11) is 0. The molecule has 0 heterocycles. The monoisotopic (exact) mass is 492 g/mol. The molecule has 0 rings (SSSR count). The van der Waals surface area contributed by atoms with Crippen molar-refractivity contribution in [2.24, 2.45) is 0 Å². The maximum Gasteiger partial charge on any atom is 0.0174 e. The van der Waals surface area contributed by atoms with Gasteiger partial charge in [0.25, 0.3) is 0 Å². The molecule has 0 atom stereocenters. The maximum atomic E-state index is 4.47. The Morgan fingerprint density at radius 3 is 0.914 bits per heavy atom. The van der Waals surface area contributed by atoms with E-state index < -0.39 is 0 Å².